The van der Waals surface area contributed by atoms with Crippen LogP contribution in [0.25, 0.3) is 0 Å². The fourth-order valence-electron chi connectivity index (χ4n) is 3.13. The number of benzene rings is 3. The molecule has 1 aliphatic heterocycles. The second-order valence-corrected chi connectivity index (χ2v) is 7.95. The summed E-state index contributed by atoms with van der Waals surface area (Å²) in [6.07, 6.45) is 0. The van der Waals surface area contributed by atoms with Crippen LogP contribution in [0.1, 0.15) is 36.6 Å². The number of carbonyl (C=O) groups is 3. The van der Waals surface area contributed by atoms with E-state index in [0.29, 0.717) is 33.1 Å². The van der Waals surface area contributed by atoms with Crippen LogP contribution < -0.4 is 10.2 Å². The van der Waals surface area contributed by atoms with E-state index in [0.717, 1.165) is 14.9 Å². The summed E-state index contributed by atoms with van der Waals surface area (Å²) >= 11 is 9.31. The molecule has 0 aliphatic carbocycles. The average Bonchev–Trinajstić information content (AvgIpc) is 2.94. The Morgan fingerprint density at radius 1 is 0.931 bits per heavy atom. The van der Waals surface area contributed by atoms with Crippen molar-refractivity contribution in [2.75, 3.05) is 10.2 Å². The smallest absolute Gasteiger partial charge is 0.266 e. The van der Waals surface area contributed by atoms with Crippen LogP contribution in [-0.4, -0.2) is 17.7 Å². The second kappa shape index (κ2) is 7.46. The maximum atomic E-state index is 12.7. The number of amides is 3. The van der Waals surface area contributed by atoms with Crippen molar-refractivity contribution < 1.29 is 14.4 Å². The van der Waals surface area contributed by atoms with Crippen molar-refractivity contribution in [2.24, 2.45) is 0 Å². The Balaban J connectivity index is 1.57. The van der Waals surface area contributed by atoms with Crippen LogP contribution >= 0.6 is 27.5 Å². The number of carbonyl (C=O) groups excluding carboxylic acids is 3. The number of anilines is 2. The van der Waals surface area contributed by atoms with E-state index < -0.39 is 5.91 Å². The number of imide groups is 1. The fraction of sp³-hybridized carbons (Fsp3) is 0.0455. The van der Waals surface area contributed by atoms with E-state index in [1.165, 1.54) is 0 Å². The molecule has 0 radical (unpaired) electrons. The third-order valence-electron chi connectivity index (χ3n) is 4.68. The molecule has 0 aromatic heterocycles. The van der Waals surface area contributed by atoms with Crippen LogP contribution in [0.2, 0.25) is 5.02 Å². The molecule has 1 aliphatic rings. The first-order chi connectivity index (χ1) is 13.8. The zero-order valence-electron chi connectivity index (χ0n) is 15.2. The monoisotopic (exact) mass is 468 g/mol. The lowest BCUT2D eigenvalue weighted by Gasteiger charge is -2.14. The molecule has 29 heavy (non-hydrogen) atoms. The minimum atomic E-state index is -0.391. The van der Waals surface area contributed by atoms with Crippen LogP contribution in [0.15, 0.2) is 65.1 Å². The normalized spacial score (nSPS) is 12.9. The standard InChI is InChI=1S/C22H14BrClN2O3/c1-12-2-6-15(24)11-19(12)25-20(27)13-3-7-16(8-4-13)26-21(28)17-9-5-14(23)10-18(17)22(26)29/h2-11H,1H3,(H,25,27). The number of nitrogens with zero attached hydrogens (tertiary/aromatic N) is 1. The quantitative estimate of drug-likeness (QED) is 0.518. The van der Waals surface area contributed by atoms with Gasteiger partial charge in [0.25, 0.3) is 17.7 Å². The molecule has 7 heteroatoms. The summed E-state index contributed by atoms with van der Waals surface area (Å²) in [5.74, 6) is -1.09. The Labute approximate surface area is 180 Å². The first-order valence-corrected chi connectivity index (χ1v) is 9.88. The molecule has 0 fully saturated rings. The van der Waals surface area contributed by atoms with Crippen LogP contribution in [0.5, 0.6) is 0 Å². The molecule has 3 aromatic carbocycles. The first-order valence-electron chi connectivity index (χ1n) is 8.71. The Hall–Kier alpha value is -2.96. The molecule has 1 heterocycles. The van der Waals surface area contributed by atoms with E-state index in [-0.39, 0.29) is 11.8 Å². The number of aryl methyl sites for hydroxylation is 1. The Morgan fingerprint density at radius 3 is 2.34 bits per heavy atom. The fourth-order valence-corrected chi connectivity index (χ4v) is 3.67. The van der Waals surface area contributed by atoms with E-state index in [9.17, 15) is 14.4 Å². The number of hydrogen-bond donors (Lipinski definition) is 1. The molecule has 5 nitrogen and oxygen atoms in total. The Morgan fingerprint density at radius 2 is 1.62 bits per heavy atom. The molecule has 0 spiro atoms. The molecule has 0 unspecified atom stereocenters. The maximum absolute atomic E-state index is 12.7. The lowest BCUT2D eigenvalue weighted by atomic mass is 10.1. The molecular weight excluding hydrogens is 456 g/mol. The molecule has 144 valence electrons. The molecule has 1 N–H and O–H groups in total. The molecule has 0 saturated heterocycles. The largest absolute Gasteiger partial charge is 0.322 e. The van der Waals surface area contributed by atoms with E-state index >= 15 is 0 Å². The zero-order valence-corrected chi connectivity index (χ0v) is 17.5. The predicted molar refractivity (Wildman–Crippen MR) is 116 cm³/mol. The van der Waals surface area contributed by atoms with Gasteiger partial charge in [0, 0.05) is 20.7 Å². The van der Waals surface area contributed by atoms with Gasteiger partial charge in [-0.05, 0) is 67.1 Å². The number of nitrogens with one attached hydrogen (secondary N) is 1. The second-order valence-electron chi connectivity index (χ2n) is 6.60. The first kappa shape index (κ1) is 19.4. The molecule has 0 saturated carbocycles. The van der Waals surface area contributed by atoms with Crippen LogP contribution in [0.4, 0.5) is 11.4 Å². The molecule has 4 rings (SSSR count). The summed E-state index contributed by atoms with van der Waals surface area (Å²) < 4.78 is 0.725. The lowest BCUT2D eigenvalue weighted by molar-refractivity contribution is 0.0925. The zero-order chi connectivity index (χ0) is 20.7. The molecule has 0 atom stereocenters. The summed E-state index contributed by atoms with van der Waals surface area (Å²) in [5.41, 5.74) is 3.02. The lowest BCUT2D eigenvalue weighted by Crippen LogP contribution is -2.29. The van der Waals surface area contributed by atoms with E-state index in [1.807, 2.05) is 13.0 Å². The summed E-state index contributed by atoms with van der Waals surface area (Å²) in [7, 11) is 0. The highest BCUT2D eigenvalue weighted by atomic mass is 79.9. The van der Waals surface area contributed by atoms with Crippen molar-refractivity contribution in [2.45, 2.75) is 6.92 Å². The molecule has 0 bridgehead atoms. The number of rotatable bonds is 3. The maximum Gasteiger partial charge on any atom is 0.266 e. The van der Waals surface area contributed by atoms with Gasteiger partial charge in [0.15, 0.2) is 0 Å². The van der Waals surface area contributed by atoms with Gasteiger partial charge in [-0.3, -0.25) is 14.4 Å². The Kier molecular flexibility index (Phi) is 4.98. The van der Waals surface area contributed by atoms with Crippen molar-refractivity contribution >= 4 is 56.6 Å². The van der Waals surface area contributed by atoms with Gasteiger partial charge in [-0.2, -0.15) is 0 Å². The highest BCUT2D eigenvalue weighted by Gasteiger charge is 2.36. The minimum absolute atomic E-state index is 0.312. The van der Waals surface area contributed by atoms with Gasteiger partial charge in [0.05, 0.1) is 16.8 Å². The third-order valence-corrected chi connectivity index (χ3v) is 5.41. The van der Waals surface area contributed by atoms with Crippen LogP contribution in [-0.2, 0) is 0 Å². The van der Waals surface area contributed by atoms with Gasteiger partial charge in [0.2, 0.25) is 0 Å². The van der Waals surface area contributed by atoms with Gasteiger partial charge in [-0.15, -0.1) is 0 Å². The number of hydrogen-bond acceptors (Lipinski definition) is 3. The summed E-state index contributed by atoms with van der Waals surface area (Å²) in [5, 5.41) is 3.34. The average molecular weight is 470 g/mol. The van der Waals surface area contributed by atoms with Crippen molar-refractivity contribution in [1.29, 1.82) is 0 Å². The SMILES string of the molecule is Cc1ccc(Cl)cc1NC(=O)c1ccc(N2C(=O)c3ccc(Br)cc3C2=O)cc1. The molecular formula is C22H14BrClN2O3. The van der Waals surface area contributed by atoms with E-state index in [1.54, 1.807) is 54.6 Å². The predicted octanol–water partition coefficient (Wildman–Crippen LogP) is 5.46. The highest BCUT2D eigenvalue weighted by molar-refractivity contribution is 9.10. The van der Waals surface area contributed by atoms with E-state index in [4.69, 9.17) is 11.6 Å². The van der Waals surface area contributed by atoms with Gasteiger partial charge in [-0.25, -0.2) is 4.90 Å². The van der Waals surface area contributed by atoms with Gasteiger partial charge in [0.1, 0.15) is 0 Å². The minimum Gasteiger partial charge on any atom is -0.322 e. The van der Waals surface area contributed by atoms with E-state index in [2.05, 4.69) is 21.2 Å². The van der Waals surface area contributed by atoms with Crippen molar-refractivity contribution in [1.82, 2.24) is 0 Å². The van der Waals surface area contributed by atoms with Crippen LogP contribution in [0.3, 0.4) is 0 Å². The van der Waals surface area contributed by atoms with Crippen LogP contribution in [0, 0.1) is 6.92 Å². The van der Waals surface area contributed by atoms with Crippen molar-refractivity contribution in [3.63, 3.8) is 0 Å². The van der Waals surface area contributed by atoms with Gasteiger partial charge in [-0.1, -0.05) is 33.6 Å². The molecule has 3 aromatic rings. The number of fused-ring (bicyclic) bond motifs is 1. The van der Waals surface area contributed by atoms with Gasteiger partial charge < -0.3 is 5.32 Å². The topological polar surface area (TPSA) is 66.5 Å². The van der Waals surface area contributed by atoms with Crippen molar-refractivity contribution in [3.8, 4) is 0 Å². The Bertz CT molecular complexity index is 1180. The summed E-state index contributed by atoms with van der Waals surface area (Å²) in [6, 6.07) is 16.5. The summed E-state index contributed by atoms with van der Waals surface area (Å²) in [4.78, 5) is 39.0. The summed E-state index contributed by atoms with van der Waals surface area (Å²) in [6.45, 7) is 1.87. The molecule has 3 amide bonds. The van der Waals surface area contributed by atoms with Gasteiger partial charge >= 0.3 is 0 Å². The van der Waals surface area contributed by atoms with Crippen molar-refractivity contribution in [3.05, 3.63) is 92.4 Å². The third kappa shape index (κ3) is 3.57. The highest BCUT2D eigenvalue weighted by Crippen LogP contribution is 2.30. The number of halogens is 2.